The molecule has 2 aliphatic rings. The smallest absolute Gasteiger partial charge is 0.272 e. The van der Waals surface area contributed by atoms with E-state index < -0.39 is 0 Å². The van der Waals surface area contributed by atoms with Crippen molar-refractivity contribution in [3.8, 4) is 0 Å². The molecule has 1 aromatic rings. The molecule has 0 saturated carbocycles. The van der Waals surface area contributed by atoms with Crippen molar-refractivity contribution in [1.82, 2.24) is 14.5 Å². The topological polar surface area (TPSA) is 64.2 Å². The molecular weight excluding hydrogens is 216 g/mol. The third-order valence-electron chi connectivity index (χ3n) is 4.04. The molecule has 0 aromatic carbocycles. The van der Waals surface area contributed by atoms with Crippen molar-refractivity contribution in [2.24, 2.45) is 12.8 Å². The molecule has 1 aromatic heterocycles. The fraction of sp³-hybridized carbons (Fsp3) is 0.667. The van der Waals surface area contributed by atoms with Crippen LogP contribution in [0.4, 0.5) is 0 Å². The van der Waals surface area contributed by atoms with Gasteiger partial charge in [0.15, 0.2) is 0 Å². The van der Waals surface area contributed by atoms with Gasteiger partial charge in [0.1, 0.15) is 5.69 Å². The number of nitrogens with zero attached hydrogens (tertiary/aromatic N) is 3. The number of carbonyl (C=O) groups excluding carboxylic acids is 1. The van der Waals surface area contributed by atoms with Crippen LogP contribution in [0, 0.1) is 0 Å². The van der Waals surface area contributed by atoms with Gasteiger partial charge in [-0.05, 0) is 25.7 Å². The van der Waals surface area contributed by atoms with Gasteiger partial charge in [0.2, 0.25) is 0 Å². The molecule has 2 unspecified atom stereocenters. The first-order valence-corrected chi connectivity index (χ1v) is 6.21. The molecule has 1 amide bonds. The molecule has 3 rings (SSSR count). The minimum Gasteiger partial charge on any atom is -0.331 e. The van der Waals surface area contributed by atoms with Crippen LogP contribution in [0.1, 0.15) is 36.2 Å². The van der Waals surface area contributed by atoms with Gasteiger partial charge < -0.3 is 15.2 Å². The van der Waals surface area contributed by atoms with E-state index >= 15 is 0 Å². The van der Waals surface area contributed by atoms with Crippen molar-refractivity contribution in [1.29, 1.82) is 0 Å². The lowest BCUT2D eigenvalue weighted by Crippen LogP contribution is -2.50. The van der Waals surface area contributed by atoms with E-state index in [1.807, 2.05) is 11.9 Å². The number of amides is 1. The second-order valence-corrected chi connectivity index (χ2v) is 5.22. The molecule has 92 valence electrons. The zero-order valence-electron chi connectivity index (χ0n) is 10.0. The van der Waals surface area contributed by atoms with Gasteiger partial charge in [-0.1, -0.05) is 0 Å². The highest BCUT2D eigenvalue weighted by molar-refractivity contribution is 5.93. The first-order valence-electron chi connectivity index (χ1n) is 6.21. The predicted molar refractivity (Wildman–Crippen MR) is 63.4 cm³/mol. The molecule has 0 aliphatic carbocycles. The fourth-order valence-electron chi connectivity index (χ4n) is 3.25. The van der Waals surface area contributed by atoms with Crippen molar-refractivity contribution in [3.05, 3.63) is 18.2 Å². The number of aryl methyl sites for hydroxylation is 1. The third-order valence-corrected chi connectivity index (χ3v) is 4.04. The van der Waals surface area contributed by atoms with Gasteiger partial charge in [0.05, 0.1) is 12.5 Å². The van der Waals surface area contributed by atoms with Crippen LogP contribution in [0.3, 0.4) is 0 Å². The summed E-state index contributed by atoms with van der Waals surface area (Å²) >= 11 is 0. The van der Waals surface area contributed by atoms with Crippen LogP contribution in [0.2, 0.25) is 0 Å². The van der Waals surface area contributed by atoms with E-state index in [1.165, 1.54) is 0 Å². The Labute approximate surface area is 101 Å². The summed E-state index contributed by atoms with van der Waals surface area (Å²) in [4.78, 5) is 18.5. The summed E-state index contributed by atoms with van der Waals surface area (Å²) in [5.74, 6) is 0.115. The van der Waals surface area contributed by atoms with Crippen LogP contribution in [0.15, 0.2) is 12.5 Å². The number of piperidine rings is 1. The number of hydrogen-bond donors (Lipinski definition) is 1. The molecule has 0 spiro atoms. The summed E-state index contributed by atoms with van der Waals surface area (Å²) in [6, 6.07) is 0.945. The van der Waals surface area contributed by atoms with E-state index in [1.54, 1.807) is 17.1 Å². The number of hydrogen-bond acceptors (Lipinski definition) is 3. The lowest BCUT2D eigenvalue weighted by molar-refractivity contribution is 0.0565. The van der Waals surface area contributed by atoms with Gasteiger partial charge in [-0.15, -0.1) is 0 Å². The van der Waals surface area contributed by atoms with E-state index in [0.717, 1.165) is 25.7 Å². The van der Waals surface area contributed by atoms with E-state index in [4.69, 9.17) is 5.73 Å². The molecule has 2 N–H and O–H groups in total. The Balaban J connectivity index is 1.86. The lowest BCUT2D eigenvalue weighted by Gasteiger charge is -2.37. The summed E-state index contributed by atoms with van der Waals surface area (Å²) in [6.45, 7) is 0. The average Bonchev–Trinajstić information content (AvgIpc) is 2.81. The van der Waals surface area contributed by atoms with E-state index in [0.29, 0.717) is 17.8 Å². The first kappa shape index (κ1) is 10.8. The minimum absolute atomic E-state index is 0.115. The molecule has 5 nitrogen and oxygen atoms in total. The van der Waals surface area contributed by atoms with Gasteiger partial charge in [0, 0.05) is 25.2 Å². The average molecular weight is 234 g/mol. The Bertz CT molecular complexity index is 427. The Morgan fingerprint density at radius 3 is 2.59 bits per heavy atom. The molecule has 2 aliphatic heterocycles. The van der Waals surface area contributed by atoms with Crippen molar-refractivity contribution < 1.29 is 4.79 Å². The fourth-order valence-corrected chi connectivity index (χ4v) is 3.25. The van der Waals surface area contributed by atoms with E-state index in [9.17, 15) is 4.79 Å². The standard InChI is InChI=1S/C12H18N4O/c1-15-7-14-6-11(15)12(17)16-9-2-3-10(16)5-8(13)4-9/h6-10H,2-5,13H2,1H3. The van der Waals surface area contributed by atoms with Crippen LogP contribution in [0.25, 0.3) is 0 Å². The normalized spacial score (nSPS) is 31.9. The maximum Gasteiger partial charge on any atom is 0.272 e. The number of fused-ring (bicyclic) bond motifs is 2. The van der Waals surface area contributed by atoms with Crippen molar-refractivity contribution in [2.45, 2.75) is 43.8 Å². The van der Waals surface area contributed by atoms with Crippen LogP contribution in [-0.2, 0) is 7.05 Å². The number of imidazole rings is 1. The molecule has 2 fully saturated rings. The van der Waals surface area contributed by atoms with Gasteiger partial charge in [-0.2, -0.15) is 0 Å². The van der Waals surface area contributed by atoms with Gasteiger partial charge in [-0.3, -0.25) is 4.79 Å². The van der Waals surface area contributed by atoms with Crippen LogP contribution >= 0.6 is 0 Å². The SMILES string of the molecule is Cn1cncc1C(=O)N1C2CCC1CC(N)C2. The molecule has 5 heteroatoms. The number of rotatable bonds is 1. The maximum atomic E-state index is 12.5. The van der Waals surface area contributed by atoms with Gasteiger partial charge >= 0.3 is 0 Å². The number of carbonyl (C=O) groups is 1. The van der Waals surface area contributed by atoms with Crippen LogP contribution in [-0.4, -0.2) is 38.5 Å². The monoisotopic (exact) mass is 234 g/mol. The zero-order valence-corrected chi connectivity index (χ0v) is 10.0. The quantitative estimate of drug-likeness (QED) is 0.770. The highest BCUT2D eigenvalue weighted by Crippen LogP contribution is 2.35. The summed E-state index contributed by atoms with van der Waals surface area (Å²) in [6.07, 6.45) is 7.41. The number of nitrogens with two attached hydrogens (primary N) is 1. The minimum atomic E-state index is 0.115. The maximum absolute atomic E-state index is 12.5. The van der Waals surface area contributed by atoms with Crippen molar-refractivity contribution >= 4 is 5.91 Å². The Hall–Kier alpha value is -1.36. The molecule has 2 saturated heterocycles. The zero-order chi connectivity index (χ0) is 12.0. The largest absolute Gasteiger partial charge is 0.331 e. The van der Waals surface area contributed by atoms with Crippen LogP contribution in [0.5, 0.6) is 0 Å². The molecular formula is C12H18N4O. The highest BCUT2D eigenvalue weighted by Gasteiger charge is 2.42. The van der Waals surface area contributed by atoms with Crippen LogP contribution < -0.4 is 5.73 Å². The first-order chi connectivity index (χ1) is 8.16. The summed E-state index contributed by atoms with van der Waals surface area (Å²) in [5.41, 5.74) is 6.69. The van der Waals surface area contributed by atoms with Gasteiger partial charge in [-0.25, -0.2) is 4.98 Å². The highest BCUT2D eigenvalue weighted by atomic mass is 16.2. The Morgan fingerprint density at radius 2 is 2.06 bits per heavy atom. The second kappa shape index (κ2) is 3.84. The molecule has 3 heterocycles. The summed E-state index contributed by atoms with van der Waals surface area (Å²) < 4.78 is 1.79. The third kappa shape index (κ3) is 1.65. The van der Waals surface area contributed by atoms with Crippen molar-refractivity contribution in [2.75, 3.05) is 0 Å². The molecule has 2 atom stereocenters. The van der Waals surface area contributed by atoms with E-state index in [-0.39, 0.29) is 11.9 Å². The van der Waals surface area contributed by atoms with E-state index in [2.05, 4.69) is 4.98 Å². The summed E-state index contributed by atoms with van der Waals surface area (Å²) in [7, 11) is 1.86. The number of aromatic nitrogens is 2. The molecule has 17 heavy (non-hydrogen) atoms. The van der Waals surface area contributed by atoms with Gasteiger partial charge in [0.25, 0.3) is 5.91 Å². The molecule has 0 radical (unpaired) electrons. The second-order valence-electron chi connectivity index (χ2n) is 5.22. The van der Waals surface area contributed by atoms with Crippen molar-refractivity contribution in [3.63, 3.8) is 0 Å². The molecule has 2 bridgehead atoms. The lowest BCUT2D eigenvalue weighted by atomic mass is 9.98. The Morgan fingerprint density at radius 1 is 1.41 bits per heavy atom. The summed E-state index contributed by atoms with van der Waals surface area (Å²) in [5, 5.41) is 0. The predicted octanol–water partition coefficient (Wildman–Crippen LogP) is 0.514. The Kier molecular flexibility index (Phi) is 2.43.